The molecule has 0 bridgehead atoms. The second-order valence-electron chi connectivity index (χ2n) is 12.0. The minimum Gasteiger partial charge on any atom is -0.366 e. The number of Topliss-reactive ketones (excluding diaryl/α,β-unsaturated/α-hetero) is 1. The number of primary amides is 1. The maximum Gasteiger partial charge on any atom is 0.248 e. The average Bonchev–Trinajstić information content (AvgIpc) is 3.04. The highest BCUT2D eigenvalue weighted by Gasteiger charge is 2.09. The molecule has 1 amide bonds. The van der Waals surface area contributed by atoms with Crippen LogP contribution in [0.1, 0.15) is 150 Å². The van der Waals surface area contributed by atoms with Gasteiger partial charge in [0, 0.05) is 11.1 Å². The van der Waals surface area contributed by atoms with E-state index in [0.717, 1.165) is 37.2 Å². The lowest BCUT2D eigenvalue weighted by molar-refractivity contribution is 0.0996. The zero-order valence-corrected chi connectivity index (χ0v) is 30.6. The van der Waals surface area contributed by atoms with Crippen LogP contribution in [0.5, 0.6) is 0 Å². The third-order valence-electron chi connectivity index (χ3n) is 7.99. The minimum absolute atomic E-state index is 0.139. The summed E-state index contributed by atoms with van der Waals surface area (Å²) in [5.41, 5.74) is 14.2. The Morgan fingerprint density at radius 3 is 1.59 bits per heavy atom. The van der Waals surface area contributed by atoms with Crippen molar-refractivity contribution in [1.82, 2.24) is 0 Å². The van der Waals surface area contributed by atoms with E-state index in [0.29, 0.717) is 5.56 Å². The van der Waals surface area contributed by atoms with Gasteiger partial charge in [0.2, 0.25) is 5.91 Å². The zero-order valence-electron chi connectivity index (χ0n) is 30.6. The number of ketones is 1. The average molecular weight is 632 g/mol. The Kier molecular flexibility index (Phi) is 22.8. The Bertz CT molecular complexity index is 1300. The molecule has 3 rings (SSSR count). The van der Waals surface area contributed by atoms with Gasteiger partial charge in [0.1, 0.15) is 5.82 Å². The molecular weight excluding hydrogens is 569 g/mol. The van der Waals surface area contributed by atoms with Crippen LogP contribution in [-0.4, -0.2) is 11.7 Å². The normalized spacial score (nSPS) is 10.8. The predicted molar refractivity (Wildman–Crippen MR) is 198 cm³/mol. The van der Waals surface area contributed by atoms with Gasteiger partial charge in [0.15, 0.2) is 5.78 Å². The topological polar surface area (TPSA) is 60.2 Å². The molecule has 3 aromatic carbocycles. The summed E-state index contributed by atoms with van der Waals surface area (Å²) in [7, 11) is 0. The Morgan fingerprint density at radius 2 is 1.20 bits per heavy atom. The molecule has 0 atom stereocenters. The van der Waals surface area contributed by atoms with Crippen LogP contribution in [0.4, 0.5) is 4.39 Å². The second-order valence-corrected chi connectivity index (χ2v) is 12.0. The Labute approximate surface area is 280 Å². The smallest absolute Gasteiger partial charge is 0.248 e. The third kappa shape index (κ3) is 17.2. The molecule has 0 aliphatic rings. The first-order valence-electron chi connectivity index (χ1n) is 17.3. The van der Waals surface area contributed by atoms with Gasteiger partial charge in [0.25, 0.3) is 0 Å². The quantitative estimate of drug-likeness (QED) is 0.202. The molecule has 254 valence electrons. The van der Waals surface area contributed by atoms with E-state index in [1.54, 1.807) is 31.2 Å². The highest BCUT2D eigenvalue weighted by Crippen LogP contribution is 2.28. The van der Waals surface area contributed by atoms with Gasteiger partial charge in [-0.05, 0) is 111 Å². The minimum atomic E-state index is -0.368. The van der Waals surface area contributed by atoms with Crippen molar-refractivity contribution in [1.29, 1.82) is 0 Å². The summed E-state index contributed by atoms with van der Waals surface area (Å²) < 4.78 is 12.2. The van der Waals surface area contributed by atoms with Crippen LogP contribution in [0, 0.1) is 18.7 Å². The van der Waals surface area contributed by atoms with E-state index in [1.807, 2.05) is 25.1 Å². The molecule has 0 aliphatic carbocycles. The molecule has 0 radical (unpaired) electrons. The SMILES string of the molecule is CCC/C(C)=C(\CC)c1cc(C(C)=O)ccc1C.CCCC(C)CCC.CCc1ccc(C(N)=O)cc1.CCc1ccc(F)cc1. The first-order chi connectivity index (χ1) is 21.9. The highest BCUT2D eigenvalue weighted by atomic mass is 19.1. The van der Waals surface area contributed by atoms with Crippen molar-refractivity contribution < 1.29 is 14.0 Å². The number of amides is 1. The lowest BCUT2D eigenvalue weighted by atomic mass is 9.91. The number of allylic oxidation sites excluding steroid dienone is 2. The molecule has 3 aromatic rings. The van der Waals surface area contributed by atoms with Gasteiger partial charge in [-0.15, -0.1) is 0 Å². The molecule has 4 heteroatoms. The Balaban J connectivity index is 0.000000623. The molecule has 0 fully saturated rings. The molecule has 2 N–H and O–H groups in total. The van der Waals surface area contributed by atoms with Gasteiger partial charge in [0.05, 0.1) is 0 Å². The van der Waals surface area contributed by atoms with Crippen LogP contribution in [-0.2, 0) is 12.8 Å². The number of aryl methyl sites for hydroxylation is 3. The van der Waals surface area contributed by atoms with Crippen LogP contribution in [0.25, 0.3) is 5.57 Å². The van der Waals surface area contributed by atoms with Gasteiger partial charge in [-0.3, -0.25) is 9.59 Å². The molecule has 3 nitrogen and oxygen atoms in total. The third-order valence-corrected chi connectivity index (χ3v) is 7.99. The van der Waals surface area contributed by atoms with Crippen molar-refractivity contribution in [2.75, 3.05) is 0 Å². The largest absolute Gasteiger partial charge is 0.366 e. The number of hydrogen-bond donors (Lipinski definition) is 1. The maximum absolute atomic E-state index is 12.2. The van der Waals surface area contributed by atoms with Gasteiger partial charge in [-0.25, -0.2) is 4.39 Å². The Morgan fingerprint density at radius 1 is 0.717 bits per heavy atom. The molecule has 0 unspecified atom stereocenters. The number of halogens is 1. The van der Waals surface area contributed by atoms with Crippen molar-refractivity contribution in [2.45, 2.75) is 127 Å². The van der Waals surface area contributed by atoms with E-state index in [1.165, 1.54) is 77.6 Å². The van der Waals surface area contributed by atoms with Crippen LogP contribution in [0.15, 0.2) is 72.3 Å². The lowest BCUT2D eigenvalue weighted by Crippen LogP contribution is -2.10. The summed E-state index contributed by atoms with van der Waals surface area (Å²) in [6.07, 6.45) is 10.8. The van der Waals surface area contributed by atoms with Gasteiger partial charge >= 0.3 is 0 Å². The van der Waals surface area contributed by atoms with E-state index in [9.17, 15) is 14.0 Å². The molecule has 0 aliphatic heterocycles. The summed E-state index contributed by atoms with van der Waals surface area (Å²) in [5, 5.41) is 0. The predicted octanol–water partition coefficient (Wildman–Crippen LogP) is 12.1. The van der Waals surface area contributed by atoms with E-state index in [4.69, 9.17) is 5.73 Å². The molecule has 0 heterocycles. The summed E-state index contributed by atoms with van der Waals surface area (Å²) in [5.74, 6) is 0.574. The fourth-order valence-electron chi connectivity index (χ4n) is 5.17. The molecule has 0 saturated heterocycles. The van der Waals surface area contributed by atoms with Crippen LogP contribution in [0.3, 0.4) is 0 Å². The Hall–Kier alpha value is -3.53. The number of nitrogens with two attached hydrogens (primary N) is 1. The molecule has 46 heavy (non-hydrogen) atoms. The number of rotatable bonds is 12. The fraction of sp³-hybridized carbons (Fsp3) is 0.476. The number of carbonyl (C=O) groups is 2. The van der Waals surface area contributed by atoms with Crippen molar-refractivity contribution in [2.24, 2.45) is 11.7 Å². The van der Waals surface area contributed by atoms with E-state index in [-0.39, 0.29) is 17.5 Å². The lowest BCUT2D eigenvalue weighted by Gasteiger charge is -2.14. The van der Waals surface area contributed by atoms with Gasteiger partial charge < -0.3 is 5.73 Å². The first kappa shape index (κ1) is 42.5. The number of carbonyl (C=O) groups excluding carboxylic acids is 2. The molecular formula is C42H62FNO2. The van der Waals surface area contributed by atoms with E-state index >= 15 is 0 Å². The number of benzene rings is 3. The van der Waals surface area contributed by atoms with Crippen LogP contribution in [0.2, 0.25) is 0 Å². The summed E-state index contributed by atoms with van der Waals surface area (Å²) in [4.78, 5) is 22.1. The molecule has 0 spiro atoms. The second kappa shape index (κ2) is 24.7. The zero-order chi connectivity index (χ0) is 35.1. The standard InChI is InChI=1S/C17H24O.C9H11NO.C8H9F.C8H18/c1-6-8-12(3)16(7-2)17-11-15(14(5)18)10-9-13(17)4;1-2-7-3-5-8(6-4-7)9(10)11;1-2-7-3-5-8(9)6-4-7;1-4-6-8(3)7-5-2/h9-11H,6-8H2,1-5H3;3-6H,2H2,1H3,(H2,10,11);3-6H,2H2,1H3;8H,4-7H2,1-3H3/b16-12+;;;. The molecule has 0 aromatic heterocycles. The van der Waals surface area contributed by atoms with E-state index < -0.39 is 0 Å². The summed E-state index contributed by atoms with van der Waals surface area (Å²) >= 11 is 0. The highest BCUT2D eigenvalue weighted by molar-refractivity contribution is 5.95. The van der Waals surface area contributed by atoms with Crippen LogP contribution < -0.4 is 5.73 Å². The van der Waals surface area contributed by atoms with Crippen LogP contribution >= 0.6 is 0 Å². The van der Waals surface area contributed by atoms with E-state index in [2.05, 4.69) is 67.5 Å². The molecule has 0 saturated carbocycles. The van der Waals surface area contributed by atoms with Crippen molar-refractivity contribution in [3.05, 3.63) is 112 Å². The van der Waals surface area contributed by atoms with Crippen molar-refractivity contribution in [3.63, 3.8) is 0 Å². The summed E-state index contributed by atoms with van der Waals surface area (Å²) in [6.45, 7) is 21.3. The maximum atomic E-state index is 12.2. The first-order valence-corrected chi connectivity index (χ1v) is 17.3. The van der Waals surface area contributed by atoms with Gasteiger partial charge in [-0.1, -0.05) is 123 Å². The summed E-state index contributed by atoms with van der Waals surface area (Å²) in [6, 6.07) is 19.9. The van der Waals surface area contributed by atoms with Crippen molar-refractivity contribution in [3.8, 4) is 0 Å². The van der Waals surface area contributed by atoms with Crippen molar-refractivity contribution >= 4 is 17.3 Å². The number of hydrogen-bond acceptors (Lipinski definition) is 2. The van der Waals surface area contributed by atoms with Gasteiger partial charge in [-0.2, -0.15) is 0 Å². The monoisotopic (exact) mass is 631 g/mol. The fourth-order valence-corrected chi connectivity index (χ4v) is 5.17.